The predicted octanol–water partition coefficient (Wildman–Crippen LogP) is 3.62. The van der Waals surface area contributed by atoms with Crippen LogP contribution in [0.3, 0.4) is 0 Å². The van der Waals surface area contributed by atoms with Gasteiger partial charge in [0.15, 0.2) is 0 Å². The second kappa shape index (κ2) is 6.76. The molecule has 1 aromatic heterocycles. The van der Waals surface area contributed by atoms with Crippen LogP contribution in [0.4, 0.5) is 0 Å². The molecule has 2 unspecified atom stereocenters. The average Bonchev–Trinajstić information content (AvgIpc) is 2.84. The average molecular weight is 287 g/mol. The lowest BCUT2D eigenvalue weighted by atomic mass is 10.1. The van der Waals surface area contributed by atoms with Gasteiger partial charge in [0.1, 0.15) is 11.6 Å². The van der Waals surface area contributed by atoms with E-state index in [0.29, 0.717) is 0 Å². The van der Waals surface area contributed by atoms with Gasteiger partial charge in [0, 0.05) is 25.5 Å². The van der Waals surface area contributed by atoms with Crippen LogP contribution in [0.5, 0.6) is 5.75 Å². The van der Waals surface area contributed by atoms with Gasteiger partial charge in [0.2, 0.25) is 0 Å². The minimum absolute atomic E-state index is 0.190. The molecule has 0 saturated heterocycles. The monoisotopic (exact) mass is 287 g/mol. The molecular weight excluding hydrogens is 262 g/mol. The van der Waals surface area contributed by atoms with Crippen LogP contribution in [0.25, 0.3) is 0 Å². The van der Waals surface area contributed by atoms with Gasteiger partial charge in [-0.1, -0.05) is 12.1 Å². The smallest absolute Gasteiger partial charge is 0.125 e. The highest BCUT2D eigenvalue weighted by Crippen LogP contribution is 2.22. The SMILES string of the molecule is CC(C)Oc1cccc(C(C)NC(C)c2nccn2C)c1. The van der Waals surface area contributed by atoms with Crippen molar-refractivity contribution in [3.8, 4) is 5.75 Å². The fourth-order valence-electron chi connectivity index (χ4n) is 2.47. The molecule has 0 spiro atoms. The van der Waals surface area contributed by atoms with Crippen molar-refractivity contribution >= 4 is 0 Å². The summed E-state index contributed by atoms with van der Waals surface area (Å²) in [4.78, 5) is 4.40. The molecule has 4 heteroatoms. The Bertz CT molecular complexity index is 577. The Kier molecular flexibility index (Phi) is 5.02. The van der Waals surface area contributed by atoms with Gasteiger partial charge < -0.3 is 14.6 Å². The number of imidazole rings is 1. The number of hydrogen-bond acceptors (Lipinski definition) is 3. The van der Waals surface area contributed by atoms with Crippen molar-refractivity contribution in [1.29, 1.82) is 0 Å². The minimum Gasteiger partial charge on any atom is -0.491 e. The first-order chi connectivity index (χ1) is 9.97. The highest BCUT2D eigenvalue weighted by molar-refractivity contribution is 5.30. The normalized spacial score (nSPS) is 14.2. The minimum atomic E-state index is 0.190. The summed E-state index contributed by atoms with van der Waals surface area (Å²) in [6.45, 7) is 8.37. The van der Waals surface area contributed by atoms with Crippen LogP contribution in [0.1, 0.15) is 51.2 Å². The highest BCUT2D eigenvalue weighted by Gasteiger charge is 2.14. The van der Waals surface area contributed by atoms with Crippen LogP contribution in [0.15, 0.2) is 36.7 Å². The zero-order valence-corrected chi connectivity index (χ0v) is 13.5. The van der Waals surface area contributed by atoms with Crippen LogP contribution >= 0.6 is 0 Å². The topological polar surface area (TPSA) is 39.1 Å². The molecule has 0 fully saturated rings. The Hall–Kier alpha value is -1.81. The molecule has 0 aliphatic carbocycles. The molecule has 0 saturated carbocycles. The number of nitrogens with one attached hydrogen (secondary N) is 1. The van der Waals surface area contributed by atoms with Crippen molar-refractivity contribution in [1.82, 2.24) is 14.9 Å². The predicted molar refractivity (Wildman–Crippen MR) is 85.4 cm³/mol. The number of rotatable bonds is 6. The van der Waals surface area contributed by atoms with E-state index in [9.17, 15) is 0 Å². The van der Waals surface area contributed by atoms with E-state index in [-0.39, 0.29) is 18.2 Å². The first-order valence-corrected chi connectivity index (χ1v) is 7.47. The number of aromatic nitrogens is 2. The van der Waals surface area contributed by atoms with E-state index in [4.69, 9.17) is 4.74 Å². The van der Waals surface area contributed by atoms with Crippen molar-refractivity contribution in [3.05, 3.63) is 48.0 Å². The maximum absolute atomic E-state index is 5.76. The molecule has 4 nitrogen and oxygen atoms in total. The molecule has 114 valence electrons. The van der Waals surface area contributed by atoms with Gasteiger partial charge in [-0.2, -0.15) is 0 Å². The van der Waals surface area contributed by atoms with Gasteiger partial charge in [-0.05, 0) is 45.4 Å². The molecule has 0 amide bonds. The molecule has 2 aromatic rings. The van der Waals surface area contributed by atoms with Crippen molar-refractivity contribution in [2.75, 3.05) is 0 Å². The molecule has 2 atom stereocenters. The zero-order chi connectivity index (χ0) is 15.4. The molecule has 0 radical (unpaired) electrons. The van der Waals surface area contributed by atoms with E-state index in [1.807, 2.05) is 50.0 Å². The molecule has 0 aliphatic rings. The Morgan fingerprint density at radius 3 is 2.52 bits per heavy atom. The maximum atomic E-state index is 5.76. The van der Waals surface area contributed by atoms with Crippen molar-refractivity contribution < 1.29 is 4.74 Å². The second-order valence-corrected chi connectivity index (χ2v) is 5.75. The Balaban J connectivity index is 2.06. The molecule has 1 heterocycles. The number of hydrogen-bond donors (Lipinski definition) is 1. The third kappa shape index (κ3) is 4.08. The van der Waals surface area contributed by atoms with Crippen molar-refractivity contribution in [2.24, 2.45) is 7.05 Å². The molecule has 1 N–H and O–H groups in total. The molecule has 1 aromatic carbocycles. The Morgan fingerprint density at radius 1 is 1.14 bits per heavy atom. The summed E-state index contributed by atoms with van der Waals surface area (Å²) in [5.74, 6) is 1.96. The lowest BCUT2D eigenvalue weighted by Gasteiger charge is -2.21. The third-order valence-corrected chi connectivity index (χ3v) is 3.48. The largest absolute Gasteiger partial charge is 0.491 e. The summed E-state index contributed by atoms with van der Waals surface area (Å²) < 4.78 is 7.80. The van der Waals surface area contributed by atoms with Crippen LogP contribution < -0.4 is 10.1 Å². The quantitative estimate of drug-likeness (QED) is 0.882. The van der Waals surface area contributed by atoms with Gasteiger partial charge >= 0.3 is 0 Å². The molecule has 0 aliphatic heterocycles. The van der Waals surface area contributed by atoms with Gasteiger partial charge in [-0.15, -0.1) is 0 Å². The summed E-state index contributed by atoms with van der Waals surface area (Å²) >= 11 is 0. The zero-order valence-electron chi connectivity index (χ0n) is 13.5. The number of ether oxygens (including phenoxy) is 1. The molecule has 0 bridgehead atoms. The molecular formula is C17H25N3O. The summed E-state index contributed by atoms with van der Waals surface area (Å²) in [6.07, 6.45) is 3.99. The highest BCUT2D eigenvalue weighted by atomic mass is 16.5. The van der Waals surface area contributed by atoms with Crippen LogP contribution in [0, 0.1) is 0 Å². The number of nitrogens with zero attached hydrogens (tertiary/aromatic N) is 2. The van der Waals surface area contributed by atoms with Gasteiger partial charge in [-0.25, -0.2) is 4.98 Å². The van der Waals surface area contributed by atoms with Gasteiger partial charge in [-0.3, -0.25) is 0 Å². The summed E-state index contributed by atoms with van der Waals surface area (Å²) in [7, 11) is 2.02. The summed E-state index contributed by atoms with van der Waals surface area (Å²) in [5.41, 5.74) is 1.22. The first kappa shape index (κ1) is 15.6. The number of benzene rings is 1. The summed E-state index contributed by atoms with van der Waals surface area (Å²) in [6, 6.07) is 8.68. The van der Waals surface area contributed by atoms with E-state index < -0.39 is 0 Å². The van der Waals surface area contributed by atoms with Gasteiger partial charge in [0.05, 0.1) is 12.1 Å². The maximum Gasteiger partial charge on any atom is 0.125 e. The van der Waals surface area contributed by atoms with E-state index in [0.717, 1.165) is 11.6 Å². The standard InChI is InChI=1S/C17H25N3O/c1-12(2)21-16-8-6-7-15(11-16)13(3)19-14(4)17-18-9-10-20(17)5/h6-14,19H,1-5H3. The van der Waals surface area contributed by atoms with Crippen LogP contribution in [-0.2, 0) is 7.05 Å². The number of aryl methyl sites for hydroxylation is 1. The van der Waals surface area contributed by atoms with E-state index >= 15 is 0 Å². The van der Waals surface area contributed by atoms with Crippen molar-refractivity contribution in [3.63, 3.8) is 0 Å². The third-order valence-electron chi connectivity index (χ3n) is 3.48. The lowest BCUT2D eigenvalue weighted by molar-refractivity contribution is 0.242. The lowest BCUT2D eigenvalue weighted by Crippen LogP contribution is -2.24. The molecule has 2 rings (SSSR count). The van der Waals surface area contributed by atoms with E-state index in [1.54, 1.807) is 0 Å². The van der Waals surface area contributed by atoms with Crippen molar-refractivity contribution in [2.45, 2.75) is 45.9 Å². The van der Waals surface area contributed by atoms with Crippen LogP contribution in [0.2, 0.25) is 0 Å². The van der Waals surface area contributed by atoms with Crippen LogP contribution in [-0.4, -0.2) is 15.7 Å². The fraction of sp³-hybridized carbons (Fsp3) is 0.471. The fourth-order valence-corrected chi connectivity index (χ4v) is 2.47. The van der Waals surface area contributed by atoms with E-state index in [1.165, 1.54) is 5.56 Å². The second-order valence-electron chi connectivity index (χ2n) is 5.75. The Labute approximate surface area is 127 Å². The molecule has 21 heavy (non-hydrogen) atoms. The Morgan fingerprint density at radius 2 is 1.90 bits per heavy atom. The van der Waals surface area contributed by atoms with E-state index in [2.05, 4.69) is 36.3 Å². The summed E-state index contributed by atoms with van der Waals surface area (Å²) in [5, 5.41) is 3.58. The van der Waals surface area contributed by atoms with Gasteiger partial charge in [0.25, 0.3) is 0 Å². The first-order valence-electron chi connectivity index (χ1n) is 7.47.